The van der Waals surface area contributed by atoms with E-state index in [1.54, 1.807) is 54.6 Å². The van der Waals surface area contributed by atoms with Gasteiger partial charge in [0.05, 0.1) is 6.10 Å². The lowest BCUT2D eigenvalue weighted by molar-refractivity contribution is -0.148. The number of amides is 2. The number of rotatable bonds is 8. The maximum Gasteiger partial charge on any atom is 0.410 e. The van der Waals surface area contributed by atoms with Crippen LogP contribution in [0.1, 0.15) is 22.6 Å². The summed E-state index contributed by atoms with van der Waals surface area (Å²) >= 11 is 0. The summed E-state index contributed by atoms with van der Waals surface area (Å²) in [6, 6.07) is 21.9. The topological polar surface area (TPSA) is 107 Å². The Bertz CT molecular complexity index is 1220. The second-order valence-corrected chi connectivity index (χ2v) is 8.86. The molecule has 1 aliphatic rings. The van der Waals surface area contributed by atoms with Gasteiger partial charge in [-0.05, 0) is 28.8 Å². The van der Waals surface area contributed by atoms with Crippen LogP contribution in [-0.4, -0.2) is 63.2 Å². The molecule has 1 heterocycles. The molecule has 3 atom stereocenters. The van der Waals surface area contributed by atoms with E-state index in [0.29, 0.717) is 11.1 Å². The fourth-order valence-electron chi connectivity index (χ4n) is 4.49. The summed E-state index contributed by atoms with van der Waals surface area (Å²) in [7, 11) is 0. The van der Waals surface area contributed by atoms with Crippen LogP contribution in [0.25, 0.3) is 0 Å². The van der Waals surface area contributed by atoms with Crippen molar-refractivity contribution in [1.29, 1.82) is 0 Å². The van der Waals surface area contributed by atoms with Gasteiger partial charge >= 0.3 is 12.1 Å². The Morgan fingerprint density at radius 2 is 1.51 bits per heavy atom. The van der Waals surface area contributed by atoms with Crippen molar-refractivity contribution in [2.24, 2.45) is 0 Å². The zero-order chi connectivity index (χ0) is 26.4. The Hall–Kier alpha value is -4.24. The third kappa shape index (κ3) is 6.31. The molecule has 37 heavy (non-hydrogen) atoms. The average Bonchev–Trinajstić information content (AvgIpc) is 3.25. The van der Waals surface area contributed by atoms with Gasteiger partial charge in [0.2, 0.25) is 5.91 Å². The van der Waals surface area contributed by atoms with Gasteiger partial charge in [-0.25, -0.2) is 9.18 Å². The lowest BCUT2D eigenvalue weighted by Gasteiger charge is -2.30. The van der Waals surface area contributed by atoms with Crippen LogP contribution in [0.3, 0.4) is 0 Å². The molecule has 0 radical (unpaired) electrons. The summed E-state index contributed by atoms with van der Waals surface area (Å²) in [6.45, 7) is -0.755. The largest absolute Gasteiger partial charge is 0.480 e. The third-order valence-electron chi connectivity index (χ3n) is 6.31. The van der Waals surface area contributed by atoms with Crippen LogP contribution in [0.5, 0.6) is 0 Å². The summed E-state index contributed by atoms with van der Waals surface area (Å²) in [6.07, 6.45) is -2.19. The molecule has 1 saturated heterocycles. The highest BCUT2D eigenvalue weighted by atomic mass is 19.1. The number of carbonyl (C=O) groups is 3. The lowest BCUT2D eigenvalue weighted by Crippen LogP contribution is -2.52. The van der Waals surface area contributed by atoms with Gasteiger partial charge in [-0.2, -0.15) is 0 Å². The molecular weight excluding hydrogens is 479 g/mol. The van der Waals surface area contributed by atoms with E-state index in [1.165, 1.54) is 24.3 Å². The van der Waals surface area contributed by atoms with Crippen molar-refractivity contribution in [1.82, 2.24) is 9.80 Å². The smallest absolute Gasteiger partial charge is 0.410 e. The summed E-state index contributed by atoms with van der Waals surface area (Å²) in [4.78, 5) is 40.7. The van der Waals surface area contributed by atoms with Crippen molar-refractivity contribution in [3.8, 4) is 0 Å². The molecule has 0 saturated carbocycles. The third-order valence-corrected chi connectivity index (χ3v) is 6.31. The number of hydrogen-bond donors (Lipinski definition) is 2. The maximum absolute atomic E-state index is 13.7. The van der Waals surface area contributed by atoms with E-state index < -0.39 is 48.4 Å². The van der Waals surface area contributed by atoms with Crippen molar-refractivity contribution in [2.45, 2.75) is 31.2 Å². The normalized spacial score (nSPS) is 18.9. The van der Waals surface area contributed by atoms with Gasteiger partial charge in [0.15, 0.2) is 0 Å². The number of aliphatic carboxylic acids is 1. The highest BCUT2D eigenvalue weighted by molar-refractivity contribution is 5.89. The monoisotopic (exact) mass is 506 g/mol. The first kappa shape index (κ1) is 25.8. The lowest BCUT2D eigenvalue weighted by atomic mass is 9.93. The first-order chi connectivity index (χ1) is 17.8. The quantitative estimate of drug-likeness (QED) is 0.485. The number of aliphatic hydroxyl groups is 1. The van der Waals surface area contributed by atoms with Crippen LogP contribution < -0.4 is 0 Å². The molecule has 4 rings (SSSR count). The van der Waals surface area contributed by atoms with Gasteiger partial charge in [-0.3, -0.25) is 14.5 Å². The van der Waals surface area contributed by atoms with E-state index >= 15 is 0 Å². The zero-order valence-corrected chi connectivity index (χ0v) is 19.9. The van der Waals surface area contributed by atoms with Gasteiger partial charge in [0.1, 0.15) is 25.0 Å². The number of carboxylic acid groups (broad SMARTS) is 1. The Kier molecular flexibility index (Phi) is 8.15. The minimum absolute atomic E-state index is 0.0245. The Balaban J connectivity index is 1.62. The molecule has 8 nitrogen and oxygen atoms in total. The van der Waals surface area contributed by atoms with Crippen molar-refractivity contribution >= 4 is 18.0 Å². The number of carbonyl (C=O) groups excluding carboxylic acids is 2. The Labute approximate surface area is 213 Å². The number of aliphatic hydroxyl groups excluding tert-OH is 1. The van der Waals surface area contributed by atoms with E-state index in [4.69, 9.17) is 4.74 Å². The van der Waals surface area contributed by atoms with Crippen LogP contribution in [0.4, 0.5) is 9.18 Å². The molecule has 1 aliphatic heterocycles. The number of halogens is 1. The van der Waals surface area contributed by atoms with E-state index in [0.717, 1.165) is 15.4 Å². The second kappa shape index (κ2) is 11.7. The van der Waals surface area contributed by atoms with Gasteiger partial charge in [0, 0.05) is 19.0 Å². The molecule has 0 aromatic heterocycles. The first-order valence-electron chi connectivity index (χ1n) is 11.8. The Morgan fingerprint density at radius 1 is 0.919 bits per heavy atom. The molecule has 2 amide bonds. The van der Waals surface area contributed by atoms with Gasteiger partial charge < -0.3 is 19.8 Å². The van der Waals surface area contributed by atoms with E-state index in [-0.39, 0.29) is 19.7 Å². The molecule has 2 N–H and O–H groups in total. The van der Waals surface area contributed by atoms with Gasteiger partial charge in [-0.15, -0.1) is 0 Å². The summed E-state index contributed by atoms with van der Waals surface area (Å²) < 4.78 is 19.0. The molecule has 1 fully saturated rings. The number of ether oxygens (including phenoxy) is 1. The van der Waals surface area contributed by atoms with Crippen molar-refractivity contribution in [3.63, 3.8) is 0 Å². The molecule has 0 unspecified atom stereocenters. The number of carboxylic acids is 1. The highest BCUT2D eigenvalue weighted by Crippen LogP contribution is 2.34. The summed E-state index contributed by atoms with van der Waals surface area (Å²) in [5.41, 5.74) is 1.97. The fraction of sp³-hybridized carbons (Fsp3) is 0.250. The fourth-order valence-corrected chi connectivity index (χ4v) is 4.49. The van der Waals surface area contributed by atoms with Crippen LogP contribution in [-0.2, 0) is 27.5 Å². The summed E-state index contributed by atoms with van der Waals surface area (Å²) in [5.74, 6) is -3.12. The van der Waals surface area contributed by atoms with Gasteiger partial charge in [-0.1, -0.05) is 72.8 Å². The van der Waals surface area contributed by atoms with Crippen LogP contribution >= 0.6 is 0 Å². The molecule has 0 aliphatic carbocycles. The number of hydrogen-bond acceptors (Lipinski definition) is 5. The maximum atomic E-state index is 13.7. The van der Waals surface area contributed by atoms with Crippen molar-refractivity contribution in [2.75, 3.05) is 13.1 Å². The standard InChI is InChI=1S/C28H27FN2O6/c29-22-13-11-21(12-14-22)23-16-31(28(36)37-18-20-9-5-2-6-10-20)25(26(23)34)27(35)30(17-24(32)33)15-19-7-3-1-4-8-19/h1-14,23,25-26,34H,15-18H2,(H,32,33)/t23-,25+,26-/m0/s1. The minimum atomic E-state index is -1.39. The number of likely N-dealkylation sites (tertiary alicyclic amines) is 1. The van der Waals surface area contributed by atoms with Crippen LogP contribution in [0, 0.1) is 5.82 Å². The molecular formula is C28H27FN2O6. The van der Waals surface area contributed by atoms with Crippen molar-refractivity contribution in [3.05, 3.63) is 107 Å². The molecule has 3 aromatic rings. The highest BCUT2D eigenvalue weighted by Gasteiger charge is 2.49. The van der Waals surface area contributed by atoms with E-state index in [2.05, 4.69) is 0 Å². The molecule has 192 valence electrons. The molecule has 9 heteroatoms. The van der Waals surface area contributed by atoms with Crippen LogP contribution in [0.15, 0.2) is 84.9 Å². The summed E-state index contributed by atoms with van der Waals surface area (Å²) in [5, 5.41) is 20.7. The average molecular weight is 507 g/mol. The van der Waals surface area contributed by atoms with Crippen molar-refractivity contribution < 1.29 is 33.7 Å². The predicted molar refractivity (Wildman–Crippen MR) is 132 cm³/mol. The first-order valence-corrected chi connectivity index (χ1v) is 11.8. The predicted octanol–water partition coefficient (Wildman–Crippen LogP) is 3.40. The number of nitrogens with zero attached hydrogens (tertiary/aromatic N) is 2. The van der Waals surface area contributed by atoms with Gasteiger partial charge in [0.25, 0.3) is 0 Å². The van der Waals surface area contributed by atoms with E-state index in [1.807, 2.05) is 6.07 Å². The van der Waals surface area contributed by atoms with Crippen LogP contribution in [0.2, 0.25) is 0 Å². The molecule has 3 aromatic carbocycles. The molecule has 0 spiro atoms. The second-order valence-electron chi connectivity index (χ2n) is 8.86. The Morgan fingerprint density at radius 3 is 2.11 bits per heavy atom. The van der Waals surface area contributed by atoms with E-state index in [9.17, 15) is 29.0 Å². The number of benzene rings is 3. The minimum Gasteiger partial charge on any atom is -0.480 e. The SMILES string of the molecule is O=C(O)CN(Cc1ccccc1)C(=O)[C@H]1[C@@H](O)[C@H](c2ccc(F)cc2)CN1C(=O)OCc1ccccc1. The molecule has 0 bridgehead atoms. The zero-order valence-electron chi connectivity index (χ0n) is 19.9.